The molecule has 5 heteroatoms. The fourth-order valence-corrected chi connectivity index (χ4v) is 1.53. The lowest BCUT2D eigenvalue weighted by molar-refractivity contribution is -0.121. The van der Waals surface area contributed by atoms with Gasteiger partial charge in [0.1, 0.15) is 5.75 Å². The van der Waals surface area contributed by atoms with Gasteiger partial charge in [-0.05, 0) is 30.5 Å². The number of urea groups is 1. The van der Waals surface area contributed by atoms with Crippen molar-refractivity contribution >= 4 is 11.9 Å². The summed E-state index contributed by atoms with van der Waals surface area (Å²) in [5.74, 6) is 0.631. The molecule has 1 aliphatic rings. The quantitative estimate of drug-likeness (QED) is 0.847. The fraction of sp³-hybridized carbons (Fsp3) is 0.385. The summed E-state index contributed by atoms with van der Waals surface area (Å²) in [6, 6.07) is 6.93. The molecule has 3 amide bonds. The van der Waals surface area contributed by atoms with Crippen molar-refractivity contribution in [3.8, 4) is 5.75 Å². The van der Waals surface area contributed by atoms with Gasteiger partial charge in [-0.3, -0.25) is 10.1 Å². The van der Waals surface area contributed by atoms with Crippen LogP contribution in [0.1, 0.15) is 18.4 Å². The highest BCUT2D eigenvalue weighted by Crippen LogP contribution is 2.28. The molecule has 2 N–H and O–H groups in total. The van der Waals surface area contributed by atoms with Crippen LogP contribution in [-0.2, 0) is 11.3 Å². The number of nitrogens with one attached hydrogen (secondary N) is 2. The minimum absolute atomic E-state index is 0.0386. The first-order valence-electron chi connectivity index (χ1n) is 5.90. The molecular formula is C13H16N2O3. The maximum atomic E-state index is 11.4. The molecule has 5 nitrogen and oxygen atoms in total. The number of carbonyl (C=O) groups is 2. The van der Waals surface area contributed by atoms with Crippen molar-refractivity contribution in [3.05, 3.63) is 29.8 Å². The van der Waals surface area contributed by atoms with E-state index >= 15 is 0 Å². The van der Waals surface area contributed by atoms with Crippen LogP contribution in [-0.4, -0.2) is 19.0 Å². The summed E-state index contributed by atoms with van der Waals surface area (Å²) in [6.07, 6.45) is 1.77. The highest BCUT2D eigenvalue weighted by atomic mass is 16.5. The number of hydrogen-bond donors (Lipinski definition) is 2. The zero-order valence-electron chi connectivity index (χ0n) is 10.2. The molecule has 1 aromatic rings. The first kappa shape index (κ1) is 12.4. The zero-order chi connectivity index (χ0) is 13.0. The molecule has 0 saturated heterocycles. The molecule has 1 fully saturated rings. The molecule has 18 heavy (non-hydrogen) atoms. The lowest BCUT2D eigenvalue weighted by Gasteiger charge is -2.07. The van der Waals surface area contributed by atoms with Gasteiger partial charge in [0.05, 0.1) is 7.11 Å². The Morgan fingerprint density at radius 3 is 2.50 bits per heavy atom. The summed E-state index contributed by atoms with van der Waals surface area (Å²) in [5.41, 5.74) is 0.949. The van der Waals surface area contributed by atoms with Gasteiger partial charge in [0.25, 0.3) is 0 Å². The van der Waals surface area contributed by atoms with Crippen LogP contribution in [0.5, 0.6) is 5.75 Å². The smallest absolute Gasteiger partial charge is 0.321 e. The predicted octanol–water partition coefficient (Wildman–Crippen LogP) is 1.43. The van der Waals surface area contributed by atoms with E-state index in [1.807, 2.05) is 24.3 Å². The van der Waals surface area contributed by atoms with Crippen LogP contribution >= 0.6 is 0 Å². The molecule has 1 saturated carbocycles. The Balaban J connectivity index is 1.75. The maximum absolute atomic E-state index is 11.4. The van der Waals surface area contributed by atoms with E-state index < -0.39 is 6.03 Å². The molecule has 0 radical (unpaired) electrons. The van der Waals surface area contributed by atoms with Gasteiger partial charge in [0, 0.05) is 12.5 Å². The van der Waals surface area contributed by atoms with E-state index in [4.69, 9.17) is 4.74 Å². The van der Waals surface area contributed by atoms with E-state index in [0.717, 1.165) is 24.2 Å². The van der Waals surface area contributed by atoms with E-state index in [0.29, 0.717) is 6.54 Å². The highest BCUT2D eigenvalue weighted by molar-refractivity contribution is 5.96. The molecule has 0 heterocycles. The van der Waals surface area contributed by atoms with Crippen molar-refractivity contribution in [1.82, 2.24) is 10.6 Å². The third-order valence-corrected chi connectivity index (χ3v) is 2.80. The monoisotopic (exact) mass is 248 g/mol. The minimum atomic E-state index is -0.442. The molecule has 1 aliphatic carbocycles. The Hall–Kier alpha value is -2.04. The molecule has 0 bridgehead atoms. The van der Waals surface area contributed by atoms with Gasteiger partial charge in [0.2, 0.25) is 5.91 Å². The first-order valence-corrected chi connectivity index (χ1v) is 5.90. The number of hydrogen-bond acceptors (Lipinski definition) is 3. The van der Waals surface area contributed by atoms with E-state index in [2.05, 4.69) is 10.6 Å². The summed E-state index contributed by atoms with van der Waals surface area (Å²) in [7, 11) is 1.60. The van der Waals surface area contributed by atoms with E-state index in [1.54, 1.807) is 7.11 Å². The van der Waals surface area contributed by atoms with Crippen molar-refractivity contribution in [2.24, 2.45) is 5.92 Å². The van der Waals surface area contributed by atoms with Crippen LogP contribution in [0.15, 0.2) is 24.3 Å². The van der Waals surface area contributed by atoms with E-state index in [9.17, 15) is 9.59 Å². The van der Waals surface area contributed by atoms with Gasteiger partial charge in [-0.2, -0.15) is 0 Å². The number of methoxy groups -OCH3 is 1. The van der Waals surface area contributed by atoms with Crippen molar-refractivity contribution in [3.63, 3.8) is 0 Å². The molecule has 0 aliphatic heterocycles. The van der Waals surface area contributed by atoms with Crippen molar-refractivity contribution in [2.75, 3.05) is 7.11 Å². The Bertz CT molecular complexity index is 438. The SMILES string of the molecule is COc1ccc(CNC(=O)NC(=O)C2CC2)cc1. The second-order valence-corrected chi connectivity index (χ2v) is 4.29. The summed E-state index contributed by atoms with van der Waals surface area (Å²) in [5, 5.41) is 4.96. The number of amides is 3. The van der Waals surface area contributed by atoms with Crippen LogP contribution in [0, 0.1) is 5.92 Å². The second-order valence-electron chi connectivity index (χ2n) is 4.29. The van der Waals surface area contributed by atoms with E-state index in [1.165, 1.54) is 0 Å². The fourth-order valence-electron chi connectivity index (χ4n) is 1.53. The Kier molecular flexibility index (Phi) is 3.82. The van der Waals surface area contributed by atoms with Crippen molar-refractivity contribution < 1.29 is 14.3 Å². The van der Waals surface area contributed by atoms with Gasteiger partial charge in [-0.15, -0.1) is 0 Å². The van der Waals surface area contributed by atoms with Crippen molar-refractivity contribution in [2.45, 2.75) is 19.4 Å². The Morgan fingerprint density at radius 2 is 1.94 bits per heavy atom. The highest BCUT2D eigenvalue weighted by Gasteiger charge is 2.30. The molecule has 0 unspecified atom stereocenters. The number of carbonyl (C=O) groups excluding carboxylic acids is 2. The molecule has 96 valence electrons. The topological polar surface area (TPSA) is 67.4 Å². The van der Waals surface area contributed by atoms with Gasteiger partial charge < -0.3 is 10.1 Å². The lowest BCUT2D eigenvalue weighted by atomic mass is 10.2. The lowest BCUT2D eigenvalue weighted by Crippen LogP contribution is -2.39. The zero-order valence-corrected chi connectivity index (χ0v) is 10.2. The Labute approximate surface area is 106 Å². The average Bonchev–Trinajstić information content (AvgIpc) is 3.21. The maximum Gasteiger partial charge on any atom is 0.321 e. The molecule has 0 aromatic heterocycles. The van der Waals surface area contributed by atoms with Gasteiger partial charge in [-0.1, -0.05) is 12.1 Å². The number of rotatable bonds is 4. The molecular weight excluding hydrogens is 232 g/mol. The summed E-state index contributed by atoms with van der Waals surface area (Å²) in [4.78, 5) is 22.7. The minimum Gasteiger partial charge on any atom is -0.497 e. The number of benzene rings is 1. The average molecular weight is 248 g/mol. The third-order valence-electron chi connectivity index (χ3n) is 2.80. The van der Waals surface area contributed by atoms with Gasteiger partial charge >= 0.3 is 6.03 Å². The standard InChI is InChI=1S/C13H16N2O3/c1-18-11-6-2-9(3-7-11)8-14-13(17)15-12(16)10-4-5-10/h2-3,6-7,10H,4-5,8H2,1H3,(H2,14,15,16,17). The normalized spacial score (nSPS) is 13.8. The van der Waals surface area contributed by atoms with Crippen molar-refractivity contribution in [1.29, 1.82) is 0 Å². The summed E-state index contributed by atoms with van der Waals surface area (Å²) in [6.45, 7) is 0.383. The first-order chi connectivity index (χ1) is 8.69. The molecule has 1 aromatic carbocycles. The largest absolute Gasteiger partial charge is 0.497 e. The van der Waals surface area contributed by atoms with Crippen LogP contribution in [0.2, 0.25) is 0 Å². The second kappa shape index (κ2) is 5.53. The predicted molar refractivity (Wildman–Crippen MR) is 66.1 cm³/mol. The number of ether oxygens (including phenoxy) is 1. The molecule has 2 rings (SSSR count). The summed E-state index contributed by atoms with van der Waals surface area (Å²) >= 11 is 0. The van der Waals surface area contributed by atoms with E-state index in [-0.39, 0.29) is 11.8 Å². The van der Waals surface area contributed by atoms with Gasteiger partial charge in [-0.25, -0.2) is 4.79 Å². The third kappa shape index (κ3) is 3.48. The Morgan fingerprint density at radius 1 is 1.28 bits per heavy atom. The van der Waals surface area contributed by atoms with Crippen LogP contribution < -0.4 is 15.4 Å². The number of imide groups is 1. The summed E-state index contributed by atoms with van der Waals surface area (Å²) < 4.78 is 5.04. The molecule has 0 atom stereocenters. The van der Waals surface area contributed by atoms with Crippen LogP contribution in [0.25, 0.3) is 0 Å². The van der Waals surface area contributed by atoms with Crippen LogP contribution in [0.4, 0.5) is 4.79 Å². The molecule has 0 spiro atoms. The van der Waals surface area contributed by atoms with Gasteiger partial charge in [0.15, 0.2) is 0 Å². The van der Waals surface area contributed by atoms with Crippen LogP contribution in [0.3, 0.4) is 0 Å².